The van der Waals surface area contributed by atoms with Gasteiger partial charge in [0.25, 0.3) is 5.91 Å². The summed E-state index contributed by atoms with van der Waals surface area (Å²) in [7, 11) is 0. The van der Waals surface area contributed by atoms with Gasteiger partial charge in [-0.2, -0.15) is 0 Å². The topological polar surface area (TPSA) is 59.5 Å². The summed E-state index contributed by atoms with van der Waals surface area (Å²) in [5, 5.41) is 0. The number of piperidine rings is 1. The van der Waals surface area contributed by atoms with E-state index >= 15 is 0 Å². The van der Waals surface area contributed by atoms with Crippen LogP contribution < -0.4 is 4.74 Å². The predicted molar refractivity (Wildman–Crippen MR) is 94.3 cm³/mol. The Morgan fingerprint density at radius 3 is 2.60 bits per heavy atom. The lowest BCUT2D eigenvalue weighted by Gasteiger charge is -2.38. The Labute approximate surface area is 147 Å². The summed E-state index contributed by atoms with van der Waals surface area (Å²) < 4.78 is 5.51. The van der Waals surface area contributed by atoms with Gasteiger partial charge in [0.15, 0.2) is 0 Å². The van der Waals surface area contributed by atoms with Crippen LogP contribution >= 0.6 is 0 Å². The van der Waals surface area contributed by atoms with E-state index in [9.17, 15) is 9.59 Å². The molecule has 1 aliphatic heterocycles. The Kier molecular flexibility index (Phi) is 4.83. The number of hydrogen-bond donors (Lipinski definition) is 0. The normalized spacial score (nSPS) is 20.2. The summed E-state index contributed by atoms with van der Waals surface area (Å²) in [6.07, 6.45) is 3.02. The smallest absolute Gasteiger partial charge is 0.319 e. The van der Waals surface area contributed by atoms with Crippen molar-refractivity contribution >= 4 is 11.9 Å². The number of esters is 1. The number of carbonyl (C=O) groups excluding carboxylic acids is 2. The van der Waals surface area contributed by atoms with E-state index in [2.05, 4.69) is 4.98 Å². The maximum Gasteiger partial charge on any atom is 0.319 e. The van der Waals surface area contributed by atoms with Crippen LogP contribution in [-0.2, 0) is 4.79 Å². The van der Waals surface area contributed by atoms with Gasteiger partial charge in [-0.05, 0) is 51.0 Å². The van der Waals surface area contributed by atoms with Crippen molar-refractivity contribution < 1.29 is 14.3 Å². The maximum absolute atomic E-state index is 12.7. The highest BCUT2D eigenvalue weighted by Crippen LogP contribution is 2.32. The van der Waals surface area contributed by atoms with Crippen molar-refractivity contribution in [3.8, 4) is 5.75 Å². The highest BCUT2D eigenvalue weighted by molar-refractivity contribution is 5.94. The lowest BCUT2D eigenvalue weighted by molar-refractivity contribution is -0.147. The maximum atomic E-state index is 12.7. The minimum absolute atomic E-state index is 0.0451. The average Bonchev–Trinajstić information content (AvgIpc) is 2.63. The van der Waals surface area contributed by atoms with Gasteiger partial charge in [0.2, 0.25) is 0 Å². The molecule has 25 heavy (non-hydrogen) atoms. The second-order valence-corrected chi connectivity index (χ2v) is 6.78. The average molecular weight is 338 g/mol. The van der Waals surface area contributed by atoms with E-state index in [0.29, 0.717) is 30.8 Å². The van der Waals surface area contributed by atoms with Gasteiger partial charge in [0.05, 0.1) is 11.6 Å². The number of ether oxygens (including phenoxy) is 1. The molecule has 1 aromatic carbocycles. The minimum atomic E-state index is -0.715. The zero-order valence-electron chi connectivity index (χ0n) is 14.6. The predicted octanol–water partition coefficient (Wildman–Crippen LogP) is 3.24. The molecule has 1 saturated heterocycles. The molecule has 0 aliphatic carbocycles. The van der Waals surface area contributed by atoms with Gasteiger partial charge in [-0.1, -0.05) is 18.2 Å². The summed E-state index contributed by atoms with van der Waals surface area (Å²) in [4.78, 5) is 31.2. The van der Waals surface area contributed by atoms with Crippen LogP contribution in [-0.4, -0.2) is 34.8 Å². The second kappa shape index (κ2) is 7.05. The van der Waals surface area contributed by atoms with Crippen molar-refractivity contribution in [2.75, 3.05) is 13.1 Å². The Morgan fingerprint density at radius 2 is 1.92 bits per heavy atom. The van der Waals surface area contributed by atoms with Crippen LogP contribution in [0.4, 0.5) is 0 Å². The number of amides is 1. The summed E-state index contributed by atoms with van der Waals surface area (Å²) in [6, 6.07) is 12.7. The zero-order chi connectivity index (χ0) is 17.9. The highest BCUT2D eigenvalue weighted by atomic mass is 16.5. The molecule has 0 bridgehead atoms. The Bertz CT molecular complexity index is 758. The molecule has 0 saturated carbocycles. The van der Waals surface area contributed by atoms with Crippen LogP contribution in [0.1, 0.15) is 35.8 Å². The van der Waals surface area contributed by atoms with Gasteiger partial charge in [-0.15, -0.1) is 0 Å². The lowest BCUT2D eigenvalue weighted by Crippen LogP contribution is -2.49. The molecule has 1 amide bonds. The summed E-state index contributed by atoms with van der Waals surface area (Å²) in [6.45, 7) is 4.75. The van der Waals surface area contributed by atoms with Crippen molar-refractivity contribution in [3.63, 3.8) is 0 Å². The first-order chi connectivity index (χ1) is 12.0. The zero-order valence-corrected chi connectivity index (χ0v) is 14.6. The fourth-order valence-corrected chi connectivity index (χ4v) is 3.09. The number of aryl methyl sites for hydroxylation is 1. The third kappa shape index (κ3) is 3.87. The fourth-order valence-electron chi connectivity index (χ4n) is 3.09. The van der Waals surface area contributed by atoms with E-state index in [1.54, 1.807) is 35.4 Å². The monoisotopic (exact) mass is 338 g/mol. The molecule has 1 fully saturated rings. The molecule has 0 radical (unpaired) electrons. The Hall–Kier alpha value is -2.69. The molecule has 1 atom stereocenters. The van der Waals surface area contributed by atoms with Crippen molar-refractivity contribution in [2.45, 2.75) is 26.7 Å². The number of rotatable bonds is 3. The number of benzene rings is 1. The number of pyridine rings is 1. The van der Waals surface area contributed by atoms with Crippen LogP contribution in [0.5, 0.6) is 5.75 Å². The fraction of sp³-hybridized carbons (Fsp3) is 0.350. The number of hydrogen-bond acceptors (Lipinski definition) is 4. The van der Waals surface area contributed by atoms with E-state index < -0.39 is 5.41 Å². The van der Waals surface area contributed by atoms with Gasteiger partial charge in [0, 0.05) is 24.3 Å². The third-order valence-electron chi connectivity index (χ3n) is 4.59. The van der Waals surface area contributed by atoms with Crippen LogP contribution in [0, 0.1) is 12.3 Å². The van der Waals surface area contributed by atoms with E-state index in [1.165, 1.54) is 0 Å². The summed E-state index contributed by atoms with van der Waals surface area (Å²) in [5.41, 5.74) is 0.791. The molecule has 130 valence electrons. The molecule has 0 unspecified atom stereocenters. The van der Waals surface area contributed by atoms with Gasteiger partial charge in [0.1, 0.15) is 5.75 Å². The molecular formula is C20H22N2O3. The van der Waals surface area contributed by atoms with Crippen molar-refractivity contribution in [2.24, 2.45) is 5.41 Å². The van der Waals surface area contributed by atoms with Crippen LogP contribution in [0.25, 0.3) is 0 Å². The first-order valence-corrected chi connectivity index (χ1v) is 8.47. The van der Waals surface area contributed by atoms with E-state index in [-0.39, 0.29) is 11.9 Å². The first-order valence-electron chi connectivity index (χ1n) is 8.47. The van der Waals surface area contributed by atoms with Gasteiger partial charge in [-0.25, -0.2) is 0 Å². The standard InChI is InChI=1S/C20H22N2O3/c1-15-9-10-17(13-21-15)25-19(24)20(2)11-6-12-22(14-20)18(23)16-7-4-3-5-8-16/h3-5,7-10,13H,6,11-12,14H2,1-2H3/t20-/m1/s1. The summed E-state index contributed by atoms with van der Waals surface area (Å²) in [5.74, 6) is 0.0726. The van der Waals surface area contributed by atoms with E-state index in [1.807, 2.05) is 32.0 Å². The van der Waals surface area contributed by atoms with Crippen LogP contribution in [0.15, 0.2) is 48.7 Å². The van der Waals surface area contributed by atoms with E-state index in [0.717, 1.165) is 12.1 Å². The number of likely N-dealkylation sites (tertiary alicyclic amines) is 1. The SMILES string of the molecule is Cc1ccc(OC(=O)[C@]2(C)CCCN(C(=O)c3ccccc3)C2)cn1. The molecule has 1 aromatic heterocycles. The second-order valence-electron chi connectivity index (χ2n) is 6.78. The molecule has 2 aromatic rings. The lowest BCUT2D eigenvalue weighted by atomic mass is 9.81. The number of aromatic nitrogens is 1. The molecule has 2 heterocycles. The largest absolute Gasteiger partial charge is 0.424 e. The Balaban J connectivity index is 1.71. The van der Waals surface area contributed by atoms with Crippen LogP contribution in [0.2, 0.25) is 0 Å². The molecule has 3 rings (SSSR count). The van der Waals surface area contributed by atoms with Crippen molar-refractivity contribution in [1.29, 1.82) is 0 Å². The van der Waals surface area contributed by atoms with E-state index in [4.69, 9.17) is 4.74 Å². The highest BCUT2D eigenvalue weighted by Gasteiger charge is 2.41. The number of nitrogens with zero attached hydrogens (tertiary/aromatic N) is 2. The molecule has 1 aliphatic rings. The Morgan fingerprint density at radius 1 is 1.16 bits per heavy atom. The van der Waals surface area contributed by atoms with Gasteiger partial charge < -0.3 is 9.64 Å². The molecular weight excluding hydrogens is 316 g/mol. The quantitative estimate of drug-likeness (QED) is 0.806. The third-order valence-corrected chi connectivity index (χ3v) is 4.59. The first kappa shape index (κ1) is 17.1. The molecule has 5 nitrogen and oxygen atoms in total. The minimum Gasteiger partial charge on any atom is -0.424 e. The van der Waals surface area contributed by atoms with Crippen molar-refractivity contribution in [3.05, 3.63) is 59.9 Å². The van der Waals surface area contributed by atoms with Crippen molar-refractivity contribution in [1.82, 2.24) is 9.88 Å². The molecule has 5 heteroatoms. The summed E-state index contributed by atoms with van der Waals surface area (Å²) >= 11 is 0. The molecule has 0 spiro atoms. The van der Waals surface area contributed by atoms with Gasteiger partial charge >= 0.3 is 5.97 Å². The van der Waals surface area contributed by atoms with Crippen LogP contribution in [0.3, 0.4) is 0 Å². The van der Waals surface area contributed by atoms with Gasteiger partial charge in [-0.3, -0.25) is 14.6 Å². The number of carbonyl (C=O) groups is 2. The molecule has 0 N–H and O–H groups in total.